The smallest absolute Gasteiger partial charge is 0.0772 e. The van der Waals surface area contributed by atoms with Crippen LogP contribution in [0.4, 0.5) is 0 Å². The van der Waals surface area contributed by atoms with Crippen molar-refractivity contribution >= 4 is 0 Å². The highest BCUT2D eigenvalue weighted by molar-refractivity contribution is 4.93. The van der Waals surface area contributed by atoms with Gasteiger partial charge in [-0.05, 0) is 31.1 Å². The topological polar surface area (TPSA) is 32.3 Å². The molecule has 1 saturated carbocycles. The summed E-state index contributed by atoms with van der Waals surface area (Å²) in [6, 6.07) is 0. The van der Waals surface area contributed by atoms with Crippen LogP contribution in [0.1, 0.15) is 39.5 Å². The van der Waals surface area contributed by atoms with Crippen LogP contribution in [0.15, 0.2) is 0 Å². The zero-order valence-electron chi connectivity index (χ0n) is 9.27. The number of hydrogen-bond acceptors (Lipinski definition) is 2. The largest absolute Gasteiger partial charge is 0.389 e. The molecular formula is C12H21NO. The predicted molar refractivity (Wildman–Crippen MR) is 58.9 cm³/mol. The second-order valence-corrected chi connectivity index (χ2v) is 5.20. The Morgan fingerprint density at radius 1 is 1.29 bits per heavy atom. The quantitative estimate of drug-likeness (QED) is 0.529. The summed E-state index contributed by atoms with van der Waals surface area (Å²) in [5, 5.41) is 13.3. The Kier molecular flexibility index (Phi) is 3.58. The summed E-state index contributed by atoms with van der Waals surface area (Å²) < 4.78 is 0. The minimum absolute atomic E-state index is 0.401. The van der Waals surface area contributed by atoms with Crippen LogP contribution in [0.25, 0.3) is 0 Å². The Labute approximate surface area is 87.1 Å². The molecule has 0 aromatic carbocycles. The molecule has 0 aromatic rings. The Morgan fingerprint density at radius 2 is 1.86 bits per heavy atom. The van der Waals surface area contributed by atoms with Crippen molar-refractivity contribution < 1.29 is 5.11 Å². The van der Waals surface area contributed by atoms with Gasteiger partial charge < -0.3 is 10.4 Å². The molecule has 80 valence electrons. The molecule has 1 aliphatic carbocycles. The molecular weight excluding hydrogens is 174 g/mol. The molecule has 1 aliphatic rings. The summed E-state index contributed by atoms with van der Waals surface area (Å²) in [5.74, 6) is 2.52. The lowest BCUT2D eigenvalue weighted by Crippen LogP contribution is -2.45. The lowest BCUT2D eigenvalue weighted by molar-refractivity contribution is -0.0235. The van der Waals surface area contributed by atoms with Crippen molar-refractivity contribution in [2.45, 2.75) is 45.1 Å². The number of terminal acetylenes is 1. The van der Waals surface area contributed by atoms with Crippen molar-refractivity contribution in [3.63, 3.8) is 0 Å². The highest BCUT2D eigenvalue weighted by Crippen LogP contribution is 2.39. The summed E-state index contributed by atoms with van der Waals surface area (Å²) in [5.41, 5.74) is -0.120. The highest BCUT2D eigenvalue weighted by Gasteiger charge is 2.35. The highest BCUT2D eigenvalue weighted by atomic mass is 16.3. The maximum atomic E-state index is 10.2. The SMILES string of the molecule is C#CCNCC1(O)CCC(C)(C)CC1. The Balaban J connectivity index is 2.34. The molecule has 0 atom stereocenters. The molecule has 1 fully saturated rings. The lowest BCUT2D eigenvalue weighted by atomic mass is 9.71. The van der Waals surface area contributed by atoms with Crippen molar-refractivity contribution in [1.82, 2.24) is 5.32 Å². The van der Waals surface area contributed by atoms with E-state index in [4.69, 9.17) is 6.42 Å². The maximum absolute atomic E-state index is 10.2. The first-order valence-electron chi connectivity index (χ1n) is 5.34. The third kappa shape index (κ3) is 3.32. The number of hydrogen-bond donors (Lipinski definition) is 2. The molecule has 0 spiro atoms. The molecule has 0 saturated heterocycles. The van der Waals surface area contributed by atoms with Gasteiger partial charge in [0.2, 0.25) is 0 Å². The first-order chi connectivity index (χ1) is 6.47. The average Bonchev–Trinajstić information content (AvgIpc) is 2.12. The average molecular weight is 195 g/mol. The predicted octanol–water partition coefficient (Wildman–Crippen LogP) is 1.54. The minimum atomic E-state index is -0.521. The van der Waals surface area contributed by atoms with Gasteiger partial charge in [0.1, 0.15) is 0 Å². The van der Waals surface area contributed by atoms with Gasteiger partial charge in [-0.3, -0.25) is 0 Å². The molecule has 2 nitrogen and oxygen atoms in total. The van der Waals surface area contributed by atoms with Crippen molar-refractivity contribution in [3.8, 4) is 12.3 Å². The summed E-state index contributed by atoms with van der Waals surface area (Å²) in [7, 11) is 0. The molecule has 14 heavy (non-hydrogen) atoms. The maximum Gasteiger partial charge on any atom is 0.0772 e. The van der Waals surface area contributed by atoms with Crippen molar-refractivity contribution in [2.75, 3.05) is 13.1 Å². The van der Waals surface area contributed by atoms with E-state index in [1.807, 2.05) is 0 Å². The Hall–Kier alpha value is -0.520. The lowest BCUT2D eigenvalue weighted by Gasteiger charge is -2.40. The third-order valence-electron chi connectivity index (χ3n) is 3.22. The van der Waals surface area contributed by atoms with Crippen LogP contribution >= 0.6 is 0 Å². The van der Waals surface area contributed by atoms with E-state index in [9.17, 15) is 5.11 Å². The molecule has 0 aromatic heterocycles. The number of rotatable bonds is 3. The standard InChI is InChI=1S/C12H21NO/c1-4-9-13-10-12(14)7-5-11(2,3)6-8-12/h1,13-14H,5-10H2,2-3H3. The van der Waals surface area contributed by atoms with E-state index in [2.05, 4.69) is 25.1 Å². The van der Waals surface area contributed by atoms with Gasteiger partial charge in [-0.15, -0.1) is 6.42 Å². The third-order valence-corrected chi connectivity index (χ3v) is 3.22. The summed E-state index contributed by atoms with van der Waals surface area (Å²) in [6.07, 6.45) is 9.11. The van der Waals surface area contributed by atoms with E-state index >= 15 is 0 Å². The van der Waals surface area contributed by atoms with Gasteiger partial charge in [-0.2, -0.15) is 0 Å². The molecule has 0 heterocycles. The van der Waals surface area contributed by atoms with Crippen molar-refractivity contribution in [1.29, 1.82) is 0 Å². The van der Waals surface area contributed by atoms with Gasteiger partial charge in [0, 0.05) is 6.54 Å². The molecule has 0 amide bonds. The fraction of sp³-hybridized carbons (Fsp3) is 0.833. The molecule has 1 rings (SSSR count). The molecule has 2 N–H and O–H groups in total. The van der Waals surface area contributed by atoms with Gasteiger partial charge >= 0.3 is 0 Å². The molecule has 0 unspecified atom stereocenters. The summed E-state index contributed by atoms with van der Waals surface area (Å²) in [6.45, 7) is 5.71. The summed E-state index contributed by atoms with van der Waals surface area (Å²) >= 11 is 0. The van der Waals surface area contributed by atoms with Gasteiger partial charge in [-0.25, -0.2) is 0 Å². The molecule has 0 aliphatic heterocycles. The van der Waals surface area contributed by atoms with Crippen LogP contribution in [0.3, 0.4) is 0 Å². The van der Waals surface area contributed by atoms with E-state index in [0.29, 0.717) is 18.5 Å². The van der Waals surface area contributed by atoms with E-state index in [0.717, 1.165) is 25.7 Å². The van der Waals surface area contributed by atoms with Crippen LogP contribution < -0.4 is 5.32 Å². The van der Waals surface area contributed by atoms with Crippen molar-refractivity contribution in [3.05, 3.63) is 0 Å². The van der Waals surface area contributed by atoms with E-state index in [-0.39, 0.29) is 0 Å². The fourth-order valence-corrected chi connectivity index (χ4v) is 1.94. The van der Waals surface area contributed by atoms with Gasteiger partial charge in [0.25, 0.3) is 0 Å². The van der Waals surface area contributed by atoms with Crippen LogP contribution in [0.2, 0.25) is 0 Å². The second kappa shape index (κ2) is 4.33. The monoisotopic (exact) mass is 195 g/mol. The van der Waals surface area contributed by atoms with Crippen LogP contribution in [0.5, 0.6) is 0 Å². The van der Waals surface area contributed by atoms with Crippen molar-refractivity contribution in [2.24, 2.45) is 5.41 Å². The van der Waals surface area contributed by atoms with Gasteiger partial charge in [0.15, 0.2) is 0 Å². The Morgan fingerprint density at radius 3 is 2.36 bits per heavy atom. The zero-order valence-corrected chi connectivity index (χ0v) is 9.27. The van der Waals surface area contributed by atoms with E-state index in [1.165, 1.54) is 0 Å². The van der Waals surface area contributed by atoms with E-state index in [1.54, 1.807) is 0 Å². The van der Waals surface area contributed by atoms with E-state index < -0.39 is 5.60 Å². The normalized spacial score (nSPS) is 24.1. The molecule has 0 radical (unpaired) electrons. The molecule has 2 heteroatoms. The van der Waals surface area contributed by atoms with Crippen LogP contribution in [-0.4, -0.2) is 23.8 Å². The summed E-state index contributed by atoms with van der Waals surface area (Å²) in [4.78, 5) is 0. The first kappa shape index (κ1) is 11.6. The number of nitrogens with one attached hydrogen (secondary N) is 1. The zero-order chi connectivity index (χ0) is 10.7. The molecule has 0 bridgehead atoms. The minimum Gasteiger partial charge on any atom is -0.389 e. The second-order valence-electron chi connectivity index (χ2n) is 5.20. The van der Waals surface area contributed by atoms with Gasteiger partial charge in [0.05, 0.1) is 12.1 Å². The Bertz CT molecular complexity index is 217. The van der Waals surface area contributed by atoms with Gasteiger partial charge in [-0.1, -0.05) is 19.8 Å². The van der Waals surface area contributed by atoms with Crippen LogP contribution in [0, 0.1) is 17.8 Å². The first-order valence-corrected chi connectivity index (χ1v) is 5.34. The fourth-order valence-electron chi connectivity index (χ4n) is 1.94. The number of aliphatic hydroxyl groups is 1. The van der Waals surface area contributed by atoms with Crippen LogP contribution in [-0.2, 0) is 0 Å².